The van der Waals surface area contributed by atoms with Gasteiger partial charge in [-0.1, -0.05) is 41.9 Å². The van der Waals surface area contributed by atoms with Gasteiger partial charge in [0.1, 0.15) is 6.20 Å². The Bertz CT molecular complexity index is 2110. The molecule has 1 aliphatic heterocycles. The first-order chi connectivity index (χ1) is 22.3. The zero-order valence-electron chi connectivity index (χ0n) is 26.4. The highest BCUT2D eigenvalue weighted by atomic mass is 35.5. The van der Waals surface area contributed by atoms with E-state index in [1.165, 1.54) is 62.7 Å². The molecule has 0 spiro atoms. The zero-order valence-corrected chi connectivity index (χ0v) is 30.3. The highest BCUT2D eigenvalue weighted by Gasteiger charge is 2.50. The number of benzene rings is 2. The van der Waals surface area contributed by atoms with Gasteiger partial charge in [-0.2, -0.15) is 0 Å². The monoisotopic (exact) mass is 691 g/mol. The molecule has 0 atom stereocenters. The summed E-state index contributed by atoms with van der Waals surface area (Å²) in [6.07, 6.45) is 0.416. The predicted molar refractivity (Wildman–Crippen MR) is 204 cm³/mol. The van der Waals surface area contributed by atoms with Gasteiger partial charge in [0.05, 0.1) is 10.2 Å². The van der Waals surface area contributed by atoms with Crippen molar-refractivity contribution in [1.82, 2.24) is 0 Å². The van der Waals surface area contributed by atoms with E-state index in [4.69, 9.17) is 23.2 Å². The molecule has 0 saturated carbocycles. The Morgan fingerprint density at radius 3 is 1.67 bits per heavy atom. The SMILES string of the molecule is Cc1ccc2[n+](c1)[B-](C#Cc1ccccc1)(C#Cc1ccccc1)c1c-2sc(-c2cc(C)sc2C)c1-c1cc(C)sc1C.ClCCl. The van der Waals surface area contributed by atoms with Gasteiger partial charge in [0.15, 0.2) is 5.69 Å². The average Bonchev–Trinajstić information content (AvgIpc) is 3.76. The molecule has 0 radical (unpaired) electrons. The number of rotatable bonds is 2. The van der Waals surface area contributed by atoms with E-state index >= 15 is 0 Å². The Morgan fingerprint density at radius 1 is 0.652 bits per heavy atom. The molecule has 7 rings (SSSR count). The van der Waals surface area contributed by atoms with E-state index in [0.29, 0.717) is 0 Å². The van der Waals surface area contributed by atoms with Crippen LogP contribution < -0.4 is 9.94 Å². The average molecular weight is 693 g/mol. The van der Waals surface area contributed by atoms with Crippen LogP contribution >= 0.6 is 57.2 Å². The van der Waals surface area contributed by atoms with Crippen LogP contribution in [-0.2, 0) is 0 Å². The van der Waals surface area contributed by atoms with Gasteiger partial charge in [0.25, 0.3) is 0 Å². The summed E-state index contributed by atoms with van der Waals surface area (Å²) < 4.78 is 2.40. The second-order valence-corrected chi connectivity index (χ2v) is 16.1. The topological polar surface area (TPSA) is 3.88 Å². The summed E-state index contributed by atoms with van der Waals surface area (Å²) in [5.41, 5.74) is 9.58. The van der Waals surface area contributed by atoms with Gasteiger partial charge in [-0.25, -0.2) is 11.6 Å². The number of nitrogens with zero attached hydrogens (tertiary/aromatic N) is 1. The smallest absolute Gasteiger partial charge is 0.393 e. The molecule has 4 aromatic heterocycles. The van der Waals surface area contributed by atoms with Crippen molar-refractivity contribution >= 4 is 69.0 Å². The standard InChI is InChI=1S/C38H30BNS3.CH2Cl2/c1-25-16-17-34-38-36(35(32-22-26(2)41-28(32)4)37(43-38)33-23-27(3)42-29(33)5)39(40(34)24-25,20-18-30-12-8-6-9-13-30)21-19-31-14-10-7-11-15-31;2-1-3/h6-17,22-24H,1-5H3;1H2. The number of pyridine rings is 1. The van der Waals surface area contributed by atoms with Crippen molar-refractivity contribution in [2.45, 2.75) is 34.6 Å². The second-order valence-electron chi connectivity index (χ2n) is 11.4. The van der Waals surface area contributed by atoms with Gasteiger partial charge in [-0.3, -0.25) is 0 Å². The number of hydrogen-bond acceptors (Lipinski definition) is 3. The van der Waals surface area contributed by atoms with Crippen molar-refractivity contribution < 1.29 is 4.48 Å². The highest BCUT2D eigenvalue weighted by molar-refractivity contribution is 7.24. The fraction of sp³-hybridized carbons (Fsp3) is 0.154. The van der Waals surface area contributed by atoms with Gasteiger partial charge in [-0.15, -0.1) is 69.1 Å². The molecule has 228 valence electrons. The van der Waals surface area contributed by atoms with Gasteiger partial charge >= 0.3 is 6.28 Å². The van der Waals surface area contributed by atoms with Crippen LogP contribution in [0.2, 0.25) is 0 Å². The van der Waals surface area contributed by atoms with E-state index in [2.05, 4.69) is 142 Å². The minimum atomic E-state index is -1.84. The summed E-state index contributed by atoms with van der Waals surface area (Å²) >= 11 is 15.2. The molecule has 1 aliphatic rings. The number of alkyl halides is 2. The number of aromatic nitrogens is 1. The first-order valence-corrected chi connectivity index (χ1v) is 18.6. The van der Waals surface area contributed by atoms with E-state index in [1.54, 1.807) is 0 Å². The molecule has 6 aromatic rings. The third-order valence-electron chi connectivity index (χ3n) is 8.13. The molecular weight excluding hydrogens is 660 g/mol. The first-order valence-electron chi connectivity index (χ1n) is 15.0. The van der Waals surface area contributed by atoms with Gasteiger partial charge in [0, 0.05) is 52.7 Å². The van der Waals surface area contributed by atoms with Crippen molar-refractivity contribution in [3.8, 4) is 55.6 Å². The zero-order chi connectivity index (χ0) is 32.4. The molecule has 0 saturated heterocycles. The largest absolute Gasteiger partial charge is 0.446 e. The second kappa shape index (κ2) is 13.7. The van der Waals surface area contributed by atoms with E-state index in [-0.39, 0.29) is 5.34 Å². The van der Waals surface area contributed by atoms with Crippen LogP contribution in [0.5, 0.6) is 0 Å². The summed E-state index contributed by atoms with van der Waals surface area (Å²) in [4.78, 5) is 7.94. The number of halogens is 2. The minimum absolute atomic E-state index is 0.194. The Labute approximate surface area is 294 Å². The number of thiophene rings is 3. The molecule has 46 heavy (non-hydrogen) atoms. The van der Waals surface area contributed by atoms with Crippen LogP contribution in [0.3, 0.4) is 0 Å². The van der Waals surface area contributed by atoms with Crippen molar-refractivity contribution in [2.24, 2.45) is 0 Å². The van der Waals surface area contributed by atoms with Gasteiger partial charge in [0.2, 0.25) is 0 Å². The Hall–Kier alpha value is -3.55. The molecule has 5 heterocycles. The van der Waals surface area contributed by atoms with E-state index in [0.717, 1.165) is 11.1 Å². The lowest BCUT2D eigenvalue weighted by Gasteiger charge is -2.23. The molecule has 0 bridgehead atoms. The lowest BCUT2D eigenvalue weighted by atomic mass is 9.32. The van der Waals surface area contributed by atoms with Gasteiger partial charge in [-0.05, 0) is 88.2 Å². The normalized spacial score (nSPS) is 12.2. The molecule has 0 aliphatic carbocycles. The predicted octanol–water partition coefficient (Wildman–Crippen LogP) is 10.3. The molecule has 7 heteroatoms. The number of fused-ring (bicyclic) bond motifs is 3. The van der Waals surface area contributed by atoms with Crippen molar-refractivity contribution in [3.05, 3.63) is 127 Å². The lowest BCUT2D eigenvalue weighted by molar-refractivity contribution is -0.524. The van der Waals surface area contributed by atoms with E-state index in [9.17, 15) is 0 Å². The summed E-state index contributed by atoms with van der Waals surface area (Å²) in [5.74, 6) is 14.9. The van der Waals surface area contributed by atoms with Crippen molar-refractivity contribution in [1.29, 1.82) is 0 Å². The van der Waals surface area contributed by atoms with Crippen molar-refractivity contribution in [2.75, 3.05) is 5.34 Å². The van der Waals surface area contributed by atoms with Crippen LogP contribution in [0.1, 0.15) is 36.2 Å². The Kier molecular flexibility index (Phi) is 9.63. The quantitative estimate of drug-likeness (QED) is 0.0967. The van der Waals surface area contributed by atoms with Crippen LogP contribution in [-0.4, -0.2) is 11.6 Å². The molecule has 1 nitrogen and oxygen atoms in total. The number of hydrogen-bond donors (Lipinski definition) is 0. The fourth-order valence-corrected chi connectivity index (χ4v) is 9.68. The maximum Gasteiger partial charge on any atom is 0.446 e. The van der Waals surface area contributed by atoms with E-state index in [1.807, 2.05) is 46.1 Å². The molecule has 0 fully saturated rings. The fourth-order valence-electron chi connectivity index (χ4n) is 6.24. The molecule has 0 unspecified atom stereocenters. The molecular formula is C39H32BCl2NS3. The minimum Gasteiger partial charge on any atom is -0.393 e. The first kappa shape index (κ1) is 32.4. The third-order valence-corrected chi connectivity index (χ3v) is 11.3. The summed E-state index contributed by atoms with van der Waals surface area (Å²) in [6, 6.07) is 29.9. The van der Waals surface area contributed by atoms with Gasteiger partial charge < -0.3 is 4.48 Å². The Balaban J connectivity index is 0.00000119. The van der Waals surface area contributed by atoms with Crippen molar-refractivity contribution in [3.63, 3.8) is 0 Å². The van der Waals surface area contributed by atoms with Crippen LogP contribution in [0, 0.1) is 58.1 Å². The highest BCUT2D eigenvalue weighted by Crippen LogP contribution is 2.48. The van der Waals surface area contributed by atoms with Crippen LogP contribution in [0.15, 0.2) is 91.1 Å². The maximum absolute atomic E-state index is 4.76. The third kappa shape index (κ3) is 6.12. The molecule has 2 aromatic carbocycles. The van der Waals surface area contributed by atoms with Crippen LogP contribution in [0.25, 0.3) is 32.1 Å². The van der Waals surface area contributed by atoms with Crippen LogP contribution in [0.4, 0.5) is 0 Å². The number of aryl methyl sites for hydroxylation is 5. The molecule has 0 amide bonds. The summed E-state index contributed by atoms with van der Waals surface area (Å²) in [5, 5.41) is 0.194. The lowest BCUT2D eigenvalue weighted by Crippen LogP contribution is -2.68. The van der Waals surface area contributed by atoms with E-state index < -0.39 is 6.28 Å². The summed E-state index contributed by atoms with van der Waals surface area (Å²) in [6.45, 7) is 11.1. The molecule has 0 N–H and O–H groups in total. The Morgan fingerprint density at radius 2 is 1.17 bits per heavy atom. The maximum atomic E-state index is 4.76. The summed E-state index contributed by atoms with van der Waals surface area (Å²) in [7, 11) is 0.